The van der Waals surface area contributed by atoms with E-state index in [2.05, 4.69) is 11.2 Å². The summed E-state index contributed by atoms with van der Waals surface area (Å²) in [5, 5.41) is 4.33. The number of nitrogens with zero attached hydrogens (tertiary/aromatic N) is 2. The second-order valence-electron chi connectivity index (χ2n) is 4.04. The molecule has 1 saturated carbocycles. The van der Waals surface area contributed by atoms with Gasteiger partial charge >= 0.3 is 0 Å². The molecule has 13 heavy (non-hydrogen) atoms. The van der Waals surface area contributed by atoms with E-state index >= 15 is 0 Å². The van der Waals surface area contributed by atoms with Crippen LogP contribution in [0.3, 0.4) is 0 Å². The number of nitrogens with two attached hydrogens (primary N) is 1. The third-order valence-corrected chi connectivity index (χ3v) is 2.97. The first-order valence-corrected chi connectivity index (χ1v) is 5.00. The lowest BCUT2D eigenvalue weighted by Gasteiger charge is -2.30. The van der Waals surface area contributed by atoms with Crippen molar-refractivity contribution in [1.29, 1.82) is 0 Å². The molecule has 1 aromatic rings. The highest BCUT2D eigenvalue weighted by atomic mass is 15.2. The summed E-state index contributed by atoms with van der Waals surface area (Å²) in [4.78, 5) is 0. The van der Waals surface area contributed by atoms with Crippen LogP contribution >= 0.6 is 0 Å². The fraction of sp³-hybridized carbons (Fsp3) is 0.700. The summed E-state index contributed by atoms with van der Waals surface area (Å²) < 4.78 is 1.84. The lowest BCUT2D eigenvalue weighted by Crippen LogP contribution is -2.36. The molecule has 3 heteroatoms. The van der Waals surface area contributed by atoms with Gasteiger partial charge in [0.05, 0.1) is 5.69 Å². The molecule has 1 aliphatic carbocycles. The Morgan fingerprint density at radius 3 is 2.92 bits per heavy atom. The van der Waals surface area contributed by atoms with Gasteiger partial charge in [-0.15, -0.1) is 0 Å². The molecule has 1 unspecified atom stereocenters. The molecule has 1 aromatic heterocycles. The Morgan fingerprint density at radius 2 is 2.46 bits per heavy atom. The van der Waals surface area contributed by atoms with E-state index in [1.54, 1.807) is 0 Å². The molecule has 2 rings (SSSR count). The van der Waals surface area contributed by atoms with Gasteiger partial charge in [-0.1, -0.05) is 6.42 Å². The van der Waals surface area contributed by atoms with Crippen LogP contribution in [-0.2, 0) is 13.5 Å². The Hall–Kier alpha value is -0.830. The molecule has 0 aliphatic heterocycles. The zero-order valence-electron chi connectivity index (χ0n) is 8.11. The van der Waals surface area contributed by atoms with Gasteiger partial charge in [-0.2, -0.15) is 5.10 Å². The van der Waals surface area contributed by atoms with E-state index in [0.29, 0.717) is 6.04 Å². The van der Waals surface area contributed by atoms with Gasteiger partial charge in [0.2, 0.25) is 0 Å². The fourth-order valence-corrected chi connectivity index (χ4v) is 1.85. The summed E-state index contributed by atoms with van der Waals surface area (Å²) in [5.41, 5.74) is 7.20. The first-order chi connectivity index (χ1) is 6.25. The molecular formula is C10H17N3. The summed E-state index contributed by atoms with van der Waals surface area (Å²) in [6.45, 7) is 0. The molecule has 3 nitrogen and oxygen atoms in total. The summed E-state index contributed by atoms with van der Waals surface area (Å²) in [6, 6.07) is 2.38. The number of aromatic nitrogens is 2. The molecule has 1 fully saturated rings. The predicted octanol–water partition coefficient (Wildman–Crippen LogP) is 1.09. The van der Waals surface area contributed by atoms with Crippen LogP contribution in [-0.4, -0.2) is 15.8 Å². The van der Waals surface area contributed by atoms with Crippen molar-refractivity contribution < 1.29 is 0 Å². The van der Waals surface area contributed by atoms with Gasteiger partial charge in [0.15, 0.2) is 0 Å². The van der Waals surface area contributed by atoms with Crippen molar-refractivity contribution >= 4 is 0 Å². The Bertz CT molecular complexity index is 275. The zero-order chi connectivity index (χ0) is 9.26. The maximum Gasteiger partial charge on any atom is 0.0640 e. The zero-order valence-corrected chi connectivity index (χ0v) is 8.11. The topological polar surface area (TPSA) is 43.8 Å². The Labute approximate surface area is 78.9 Å². The van der Waals surface area contributed by atoms with E-state index in [9.17, 15) is 0 Å². The molecule has 0 saturated heterocycles. The van der Waals surface area contributed by atoms with Crippen molar-refractivity contribution in [2.24, 2.45) is 18.7 Å². The van der Waals surface area contributed by atoms with Gasteiger partial charge in [0.25, 0.3) is 0 Å². The molecule has 1 aliphatic rings. The molecule has 2 N–H and O–H groups in total. The van der Waals surface area contributed by atoms with E-state index in [1.807, 2.05) is 17.9 Å². The van der Waals surface area contributed by atoms with Crippen molar-refractivity contribution in [3.05, 3.63) is 18.0 Å². The number of hydrogen-bond donors (Lipinski definition) is 1. The Morgan fingerprint density at radius 1 is 1.69 bits per heavy atom. The molecule has 0 aromatic carbocycles. The first-order valence-electron chi connectivity index (χ1n) is 5.00. The molecule has 0 spiro atoms. The third kappa shape index (κ3) is 1.91. The van der Waals surface area contributed by atoms with E-state index in [-0.39, 0.29) is 0 Å². The van der Waals surface area contributed by atoms with Crippen LogP contribution in [0.2, 0.25) is 0 Å². The lowest BCUT2D eigenvalue weighted by molar-refractivity contribution is 0.259. The van der Waals surface area contributed by atoms with E-state index in [4.69, 9.17) is 5.73 Å². The largest absolute Gasteiger partial charge is 0.327 e. The van der Waals surface area contributed by atoms with E-state index < -0.39 is 0 Å². The third-order valence-electron chi connectivity index (χ3n) is 2.97. The Kier molecular flexibility index (Phi) is 2.36. The second kappa shape index (κ2) is 3.50. The predicted molar refractivity (Wildman–Crippen MR) is 52.2 cm³/mol. The number of aryl methyl sites for hydroxylation is 1. The van der Waals surface area contributed by atoms with Crippen molar-refractivity contribution in [3.63, 3.8) is 0 Å². The minimum atomic E-state index is 0.323. The number of rotatable bonds is 3. The highest BCUT2D eigenvalue weighted by Gasteiger charge is 2.24. The van der Waals surface area contributed by atoms with Gasteiger partial charge in [-0.3, -0.25) is 4.68 Å². The minimum absolute atomic E-state index is 0.323. The van der Waals surface area contributed by atoms with Crippen LogP contribution in [0.1, 0.15) is 25.0 Å². The normalized spacial score (nSPS) is 19.8. The molecule has 1 heterocycles. The van der Waals surface area contributed by atoms with Gasteiger partial charge in [-0.05, 0) is 24.8 Å². The van der Waals surface area contributed by atoms with Crippen molar-refractivity contribution in [2.45, 2.75) is 31.7 Å². The molecule has 1 atom stereocenters. The van der Waals surface area contributed by atoms with E-state index in [1.165, 1.54) is 19.3 Å². The highest BCUT2D eigenvalue weighted by molar-refractivity contribution is 5.02. The van der Waals surface area contributed by atoms with Crippen LogP contribution < -0.4 is 5.73 Å². The van der Waals surface area contributed by atoms with E-state index in [0.717, 1.165) is 18.0 Å². The summed E-state index contributed by atoms with van der Waals surface area (Å²) in [7, 11) is 1.94. The smallest absolute Gasteiger partial charge is 0.0640 e. The Balaban J connectivity index is 1.89. The quantitative estimate of drug-likeness (QED) is 0.755. The summed E-state index contributed by atoms with van der Waals surface area (Å²) in [5.74, 6) is 0.752. The SMILES string of the molecule is Cn1ccc(CC(N)C2CCC2)n1. The molecule has 0 radical (unpaired) electrons. The number of hydrogen-bond acceptors (Lipinski definition) is 2. The van der Waals surface area contributed by atoms with Crippen molar-refractivity contribution in [3.8, 4) is 0 Å². The second-order valence-corrected chi connectivity index (χ2v) is 4.04. The standard InChI is InChI=1S/C10H17N3/c1-13-6-5-9(12-13)7-10(11)8-3-2-4-8/h5-6,8,10H,2-4,7,11H2,1H3. The highest BCUT2D eigenvalue weighted by Crippen LogP contribution is 2.29. The van der Waals surface area contributed by atoms with Gasteiger partial charge in [0, 0.05) is 25.7 Å². The fourth-order valence-electron chi connectivity index (χ4n) is 1.85. The minimum Gasteiger partial charge on any atom is -0.327 e. The van der Waals surface area contributed by atoms with Crippen molar-refractivity contribution in [2.75, 3.05) is 0 Å². The van der Waals surface area contributed by atoms with Crippen LogP contribution in [0.25, 0.3) is 0 Å². The van der Waals surface area contributed by atoms with Gasteiger partial charge < -0.3 is 5.73 Å². The van der Waals surface area contributed by atoms with Crippen LogP contribution in [0.4, 0.5) is 0 Å². The van der Waals surface area contributed by atoms with Crippen LogP contribution in [0.15, 0.2) is 12.3 Å². The van der Waals surface area contributed by atoms with Gasteiger partial charge in [-0.25, -0.2) is 0 Å². The summed E-state index contributed by atoms with van der Waals surface area (Å²) in [6.07, 6.45) is 6.90. The van der Waals surface area contributed by atoms with Crippen LogP contribution in [0.5, 0.6) is 0 Å². The molecule has 0 amide bonds. The monoisotopic (exact) mass is 179 g/mol. The first kappa shape index (κ1) is 8.75. The maximum absolute atomic E-state index is 6.07. The van der Waals surface area contributed by atoms with Crippen molar-refractivity contribution in [1.82, 2.24) is 9.78 Å². The maximum atomic E-state index is 6.07. The lowest BCUT2D eigenvalue weighted by atomic mass is 9.78. The summed E-state index contributed by atoms with van der Waals surface area (Å²) >= 11 is 0. The molecule has 0 bridgehead atoms. The average molecular weight is 179 g/mol. The van der Waals surface area contributed by atoms with Gasteiger partial charge in [0.1, 0.15) is 0 Å². The molecule has 72 valence electrons. The average Bonchev–Trinajstić information content (AvgIpc) is 2.31. The molecular weight excluding hydrogens is 162 g/mol. The van der Waals surface area contributed by atoms with Crippen LogP contribution in [0, 0.1) is 5.92 Å².